The Kier molecular flexibility index (Phi) is 0.940. The molecule has 0 heterocycles. The number of carbonyl (C=O) groups excluding carboxylic acids is 2. The molecule has 0 bridgehead atoms. The number of Topliss-reactive ketones (excluding diaryl/α,β-unsaturated/α-hetero) is 2. The Morgan fingerprint density at radius 1 is 1.42 bits per heavy atom. The van der Waals surface area contributed by atoms with Gasteiger partial charge in [0.2, 0.25) is 0 Å². The number of carbonyl (C=O) groups is 2. The van der Waals surface area contributed by atoms with E-state index in [0.717, 1.165) is 12.8 Å². The lowest BCUT2D eigenvalue weighted by Crippen LogP contribution is -2.58. The summed E-state index contributed by atoms with van der Waals surface area (Å²) in [4.78, 5) is 23.3. The van der Waals surface area contributed by atoms with Gasteiger partial charge < -0.3 is 0 Å². The van der Waals surface area contributed by atoms with E-state index in [-0.39, 0.29) is 28.8 Å². The van der Waals surface area contributed by atoms with Crippen LogP contribution in [0.3, 0.4) is 0 Å². The molecule has 3 aliphatic rings. The second-order valence-electron chi connectivity index (χ2n) is 4.55. The Labute approximate surface area is 71.3 Å². The van der Waals surface area contributed by atoms with Gasteiger partial charge in [0, 0.05) is 11.3 Å². The minimum absolute atomic E-state index is 0.115. The van der Waals surface area contributed by atoms with E-state index in [1.807, 2.05) is 0 Å². The smallest absolute Gasteiger partial charge is 0.150 e. The molecule has 3 rings (SSSR count). The molecule has 0 aromatic heterocycles. The monoisotopic (exact) mass is 164 g/mol. The summed E-state index contributed by atoms with van der Waals surface area (Å²) < 4.78 is 0. The Morgan fingerprint density at radius 2 is 2.17 bits per heavy atom. The van der Waals surface area contributed by atoms with E-state index < -0.39 is 0 Å². The zero-order chi connectivity index (χ0) is 8.51. The lowest BCUT2D eigenvalue weighted by Gasteiger charge is -2.58. The molecule has 3 aliphatic carbocycles. The van der Waals surface area contributed by atoms with Gasteiger partial charge in [-0.3, -0.25) is 9.59 Å². The largest absolute Gasteiger partial charge is 0.299 e. The van der Waals surface area contributed by atoms with Crippen LogP contribution in [0.5, 0.6) is 0 Å². The van der Waals surface area contributed by atoms with Gasteiger partial charge in [0.15, 0.2) is 0 Å². The van der Waals surface area contributed by atoms with Crippen LogP contribution in [-0.4, -0.2) is 11.6 Å². The molecule has 0 radical (unpaired) electrons. The summed E-state index contributed by atoms with van der Waals surface area (Å²) >= 11 is 0. The van der Waals surface area contributed by atoms with Crippen molar-refractivity contribution in [1.82, 2.24) is 0 Å². The number of ketones is 2. The Morgan fingerprint density at radius 3 is 2.50 bits per heavy atom. The van der Waals surface area contributed by atoms with Gasteiger partial charge in [0.25, 0.3) is 0 Å². The van der Waals surface area contributed by atoms with Crippen LogP contribution in [0.1, 0.15) is 26.2 Å². The zero-order valence-electron chi connectivity index (χ0n) is 7.17. The molecule has 2 heteroatoms. The maximum absolute atomic E-state index is 11.7. The Balaban J connectivity index is 2.07. The second-order valence-corrected chi connectivity index (χ2v) is 4.55. The summed E-state index contributed by atoms with van der Waals surface area (Å²) in [5.74, 6) is 0.943. The van der Waals surface area contributed by atoms with Crippen molar-refractivity contribution in [2.24, 2.45) is 23.2 Å². The van der Waals surface area contributed by atoms with Gasteiger partial charge in [-0.25, -0.2) is 0 Å². The normalized spacial score (nSPS) is 55.6. The van der Waals surface area contributed by atoms with E-state index in [9.17, 15) is 9.59 Å². The molecule has 4 atom stereocenters. The molecule has 64 valence electrons. The average Bonchev–Trinajstić information content (AvgIpc) is 2.21. The lowest BCUT2D eigenvalue weighted by molar-refractivity contribution is -0.164. The van der Waals surface area contributed by atoms with Gasteiger partial charge in [-0.1, -0.05) is 0 Å². The van der Waals surface area contributed by atoms with E-state index in [2.05, 4.69) is 0 Å². The van der Waals surface area contributed by atoms with Crippen LogP contribution in [0, 0.1) is 23.2 Å². The molecule has 4 unspecified atom stereocenters. The predicted molar refractivity (Wildman–Crippen MR) is 42.4 cm³/mol. The molecule has 1 spiro atoms. The van der Waals surface area contributed by atoms with Crippen LogP contribution in [0.2, 0.25) is 0 Å². The maximum Gasteiger partial charge on any atom is 0.150 e. The molecule has 0 saturated heterocycles. The topological polar surface area (TPSA) is 34.1 Å². The number of hydrogen-bond acceptors (Lipinski definition) is 2. The Hall–Kier alpha value is -0.660. The average molecular weight is 164 g/mol. The first kappa shape index (κ1) is 6.81. The zero-order valence-corrected chi connectivity index (χ0v) is 7.17. The van der Waals surface area contributed by atoms with Gasteiger partial charge in [0.05, 0.1) is 5.92 Å². The first-order chi connectivity index (χ1) is 5.68. The van der Waals surface area contributed by atoms with Crippen LogP contribution >= 0.6 is 0 Å². The first-order valence-corrected chi connectivity index (χ1v) is 4.76. The fourth-order valence-electron chi connectivity index (χ4n) is 3.48. The van der Waals surface area contributed by atoms with E-state index in [1.54, 1.807) is 6.92 Å². The van der Waals surface area contributed by atoms with Crippen LogP contribution < -0.4 is 0 Å². The van der Waals surface area contributed by atoms with Gasteiger partial charge in [0.1, 0.15) is 11.6 Å². The molecule has 0 aromatic rings. The summed E-state index contributed by atoms with van der Waals surface area (Å²) in [5, 5.41) is 0. The molecule has 3 saturated carbocycles. The number of rotatable bonds is 0. The quantitative estimate of drug-likeness (QED) is 0.504. The predicted octanol–water partition coefficient (Wildman–Crippen LogP) is 1.19. The van der Waals surface area contributed by atoms with E-state index in [0.29, 0.717) is 5.92 Å². The standard InChI is InChI=1S/C10H12O2/c1-5-8(11)7-4-6-2-3-10(6,7)9(5)12/h5-7H,2-4H2,1H3. The molecule has 0 aliphatic heterocycles. The van der Waals surface area contributed by atoms with E-state index >= 15 is 0 Å². The SMILES string of the molecule is CC1C(=O)C2CC3CCC32C1=O. The van der Waals surface area contributed by atoms with Gasteiger partial charge in [-0.05, 0) is 32.1 Å². The highest BCUT2D eigenvalue weighted by molar-refractivity contribution is 6.15. The van der Waals surface area contributed by atoms with Crippen LogP contribution in [-0.2, 0) is 9.59 Å². The van der Waals surface area contributed by atoms with Crippen molar-refractivity contribution in [2.75, 3.05) is 0 Å². The van der Waals surface area contributed by atoms with Crippen molar-refractivity contribution in [2.45, 2.75) is 26.2 Å². The van der Waals surface area contributed by atoms with Crippen molar-refractivity contribution in [3.8, 4) is 0 Å². The second kappa shape index (κ2) is 1.66. The van der Waals surface area contributed by atoms with Crippen LogP contribution in [0.25, 0.3) is 0 Å². The lowest BCUT2D eigenvalue weighted by atomic mass is 9.43. The summed E-state index contributed by atoms with van der Waals surface area (Å²) in [5.41, 5.74) is -0.115. The summed E-state index contributed by atoms with van der Waals surface area (Å²) in [6.45, 7) is 1.78. The fraction of sp³-hybridized carbons (Fsp3) is 0.800. The molecule has 0 aromatic carbocycles. The summed E-state index contributed by atoms with van der Waals surface area (Å²) in [6.07, 6.45) is 3.19. The highest BCUT2D eigenvalue weighted by atomic mass is 16.2. The van der Waals surface area contributed by atoms with Crippen molar-refractivity contribution >= 4 is 11.6 Å². The molecule has 0 amide bonds. The third-order valence-electron chi connectivity index (χ3n) is 4.40. The van der Waals surface area contributed by atoms with E-state index in [1.165, 1.54) is 6.42 Å². The van der Waals surface area contributed by atoms with Gasteiger partial charge in [-0.15, -0.1) is 0 Å². The van der Waals surface area contributed by atoms with Crippen molar-refractivity contribution in [3.63, 3.8) is 0 Å². The van der Waals surface area contributed by atoms with Crippen molar-refractivity contribution in [3.05, 3.63) is 0 Å². The summed E-state index contributed by atoms with van der Waals surface area (Å²) in [6, 6.07) is 0. The molecule has 3 fully saturated rings. The molecule has 12 heavy (non-hydrogen) atoms. The van der Waals surface area contributed by atoms with Crippen LogP contribution in [0.15, 0.2) is 0 Å². The molecule has 2 nitrogen and oxygen atoms in total. The highest BCUT2D eigenvalue weighted by Gasteiger charge is 2.72. The third kappa shape index (κ3) is 0.420. The summed E-state index contributed by atoms with van der Waals surface area (Å²) in [7, 11) is 0. The molecular weight excluding hydrogens is 152 g/mol. The van der Waals surface area contributed by atoms with Gasteiger partial charge in [-0.2, -0.15) is 0 Å². The minimum Gasteiger partial charge on any atom is -0.299 e. The van der Waals surface area contributed by atoms with Gasteiger partial charge >= 0.3 is 0 Å². The highest BCUT2D eigenvalue weighted by Crippen LogP contribution is 2.69. The fourth-order valence-corrected chi connectivity index (χ4v) is 3.48. The molecular formula is C10H12O2. The molecule has 0 N–H and O–H groups in total. The number of hydrogen-bond donors (Lipinski definition) is 0. The van der Waals surface area contributed by atoms with Crippen molar-refractivity contribution in [1.29, 1.82) is 0 Å². The van der Waals surface area contributed by atoms with Crippen molar-refractivity contribution < 1.29 is 9.59 Å². The third-order valence-corrected chi connectivity index (χ3v) is 4.40. The van der Waals surface area contributed by atoms with Crippen LogP contribution in [0.4, 0.5) is 0 Å². The minimum atomic E-state index is -0.278. The van der Waals surface area contributed by atoms with E-state index in [4.69, 9.17) is 0 Å². The maximum atomic E-state index is 11.7. The first-order valence-electron chi connectivity index (χ1n) is 4.76. The Bertz CT molecular complexity index is 294.